The molecule has 8 nitrogen and oxygen atoms in total. The normalized spacial score (nSPS) is 12.4. The molecule has 0 aliphatic heterocycles. The van der Waals surface area contributed by atoms with E-state index in [0.29, 0.717) is 19.5 Å². The third-order valence-corrected chi connectivity index (χ3v) is 3.62. The van der Waals surface area contributed by atoms with Gasteiger partial charge >= 0.3 is 6.09 Å². The third kappa shape index (κ3) is 15.0. The second kappa shape index (κ2) is 13.4. The van der Waals surface area contributed by atoms with E-state index in [9.17, 15) is 14.4 Å². The molecule has 0 saturated carbocycles. The van der Waals surface area contributed by atoms with Gasteiger partial charge in [0.1, 0.15) is 11.6 Å². The first-order valence-corrected chi connectivity index (χ1v) is 9.79. The van der Waals surface area contributed by atoms with Crippen LogP contribution in [0.3, 0.4) is 0 Å². The van der Waals surface area contributed by atoms with Gasteiger partial charge in [0.2, 0.25) is 11.8 Å². The summed E-state index contributed by atoms with van der Waals surface area (Å²) in [4.78, 5) is 35.2. The molecule has 27 heavy (non-hydrogen) atoms. The van der Waals surface area contributed by atoms with Gasteiger partial charge < -0.3 is 26.4 Å². The van der Waals surface area contributed by atoms with Crippen molar-refractivity contribution in [1.82, 2.24) is 16.0 Å². The van der Waals surface area contributed by atoms with Gasteiger partial charge in [0.15, 0.2) is 0 Å². The largest absolute Gasteiger partial charge is 0.444 e. The lowest BCUT2D eigenvalue weighted by Crippen LogP contribution is -2.49. The van der Waals surface area contributed by atoms with Gasteiger partial charge in [-0.2, -0.15) is 0 Å². The summed E-state index contributed by atoms with van der Waals surface area (Å²) in [5, 5.41) is 8.26. The fourth-order valence-corrected chi connectivity index (χ4v) is 2.40. The zero-order valence-corrected chi connectivity index (χ0v) is 17.5. The zero-order valence-electron chi connectivity index (χ0n) is 17.5. The van der Waals surface area contributed by atoms with E-state index in [1.54, 1.807) is 0 Å². The van der Waals surface area contributed by atoms with Gasteiger partial charge in [-0.05, 0) is 46.0 Å². The molecule has 0 aliphatic rings. The van der Waals surface area contributed by atoms with E-state index >= 15 is 0 Å². The molecule has 5 N–H and O–H groups in total. The predicted octanol–water partition coefficient (Wildman–Crippen LogP) is 1.68. The van der Waals surface area contributed by atoms with Crippen molar-refractivity contribution < 1.29 is 19.1 Å². The molecule has 158 valence electrons. The maximum absolute atomic E-state index is 12.2. The summed E-state index contributed by atoms with van der Waals surface area (Å²) >= 11 is 0. The summed E-state index contributed by atoms with van der Waals surface area (Å²) in [7, 11) is 0. The minimum Gasteiger partial charge on any atom is -0.444 e. The Morgan fingerprint density at radius 3 is 2.00 bits per heavy atom. The van der Waals surface area contributed by atoms with E-state index in [1.807, 2.05) is 34.6 Å². The summed E-state index contributed by atoms with van der Waals surface area (Å²) in [6.07, 6.45) is 3.78. The smallest absolute Gasteiger partial charge is 0.407 e. The Hall–Kier alpha value is -1.83. The zero-order chi connectivity index (χ0) is 20.9. The van der Waals surface area contributed by atoms with Crippen molar-refractivity contribution in [2.45, 2.75) is 78.4 Å². The first kappa shape index (κ1) is 25.2. The summed E-state index contributed by atoms with van der Waals surface area (Å²) in [6, 6.07) is -0.543. The molecule has 0 aromatic heterocycles. The SMILES string of the molecule is CC(C)C[C@H](NC(=O)CN)C(=O)NCCCCCCNC(=O)OC(C)(C)C. The monoisotopic (exact) mass is 386 g/mol. The predicted molar refractivity (Wildman–Crippen MR) is 106 cm³/mol. The van der Waals surface area contributed by atoms with Crippen LogP contribution in [0, 0.1) is 5.92 Å². The van der Waals surface area contributed by atoms with Gasteiger partial charge in [0, 0.05) is 13.1 Å². The van der Waals surface area contributed by atoms with Crippen LogP contribution in [-0.2, 0) is 14.3 Å². The Balaban J connectivity index is 3.87. The molecule has 8 heteroatoms. The molecule has 0 spiro atoms. The van der Waals surface area contributed by atoms with Crippen LogP contribution < -0.4 is 21.7 Å². The van der Waals surface area contributed by atoms with Gasteiger partial charge in [-0.25, -0.2) is 4.79 Å². The molecule has 0 heterocycles. The highest BCUT2D eigenvalue weighted by Crippen LogP contribution is 2.07. The van der Waals surface area contributed by atoms with E-state index in [2.05, 4.69) is 16.0 Å². The molecular formula is C19H38N4O4. The molecule has 0 rings (SSSR count). The summed E-state index contributed by atoms with van der Waals surface area (Å²) < 4.78 is 5.16. The lowest BCUT2D eigenvalue weighted by molar-refractivity contribution is -0.128. The fourth-order valence-electron chi connectivity index (χ4n) is 2.40. The van der Waals surface area contributed by atoms with Crippen LogP contribution in [0.2, 0.25) is 0 Å². The number of hydrogen-bond donors (Lipinski definition) is 4. The second-order valence-electron chi connectivity index (χ2n) is 8.09. The first-order chi connectivity index (χ1) is 12.5. The summed E-state index contributed by atoms with van der Waals surface area (Å²) in [5.74, 6) is -0.207. The van der Waals surface area contributed by atoms with Gasteiger partial charge in [-0.3, -0.25) is 9.59 Å². The van der Waals surface area contributed by atoms with E-state index in [0.717, 1.165) is 25.7 Å². The number of ether oxygens (including phenoxy) is 1. The molecule has 0 aromatic rings. The minimum absolute atomic E-state index is 0.126. The maximum atomic E-state index is 12.2. The standard InChI is InChI=1S/C19H38N4O4/c1-14(2)12-15(23-16(24)13-20)17(25)21-10-8-6-7-9-11-22-18(26)27-19(3,4)5/h14-15H,6-13,20H2,1-5H3,(H,21,25)(H,22,26)(H,23,24)/t15-/m0/s1. The van der Waals surface area contributed by atoms with Crippen molar-refractivity contribution in [2.24, 2.45) is 11.7 Å². The highest BCUT2D eigenvalue weighted by atomic mass is 16.6. The van der Waals surface area contributed by atoms with Crippen LogP contribution in [-0.4, -0.2) is 49.2 Å². The van der Waals surface area contributed by atoms with Gasteiger partial charge in [-0.15, -0.1) is 0 Å². The van der Waals surface area contributed by atoms with Crippen molar-refractivity contribution in [1.29, 1.82) is 0 Å². The molecule has 0 aliphatic carbocycles. The van der Waals surface area contributed by atoms with E-state index in [-0.39, 0.29) is 24.3 Å². The molecule has 0 aromatic carbocycles. The number of rotatable bonds is 12. The van der Waals surface area contributed by atoms with E-state index in [1.165, 1.54) is 0 Å². The van der Waals surface area contributed by atoms with Crippen molar-refractivity contribution in [3.8, 4) is 0 Å². The molecule has 0 saturated heterocycles. The Morgan fingerprint density at radius 1 is 0.963 bits per heavy atom. The molecule has 3 amide bonds. The Morgan fingerprint density at radius 2 is 1.52 bits per heavy atom. The van der Waals surface area contributed by atoms with Crippen LogP contribution in [0.25, 0.3) is 0 Å². The van der Waals surface area contributed by atoms with Crippen molar-refractivity contribution >= 4 is 17.9 Å². The number of nitrogens with one attached hydrogen (secondary N) is 3. The number of alkyl carbamates (subject to hydrolysis) is 1. The van der Waals surface area contributed by atoms with Gasteiger partial charge in [-0.1, -0.05) is 26.7 Å². The lowest BCUT2D eigenvalue weighted by atomic mass is 10.0. The van der Waals surface area contributed by atoms with Crippen molar-refractivity contribution in [3.63, 3.8) is 0 Å². The average Bonchev–Trinajstić information content (AvgIpc) is 2.54. The highest BCUT2D eigenvalue weighted by Gasteiger charge is 2.20. The summed E-state index contributed by atoms with van der Waals surface area (Å²) in [5.41, 5.74) is 4.82. The number of carbonyl (C=O) groups excluding carboxylic acids is 3. The molecule has 0 bridgehead atoms. The number of carbonyl (C=O) groups is 3. The highest BCUT2D eigenvalue weighted by molar-refractivity contribution is 5.88. The number of nitrogens with two attached hydrogens (primary N) is 1. The quantitative estimate of drug-likeness (QED) is 0.380. The topological polar surface area (TPSA) is 123 Å². The first-order valence-electron chi connectivity index (χ1n) is 9.79. The second-order valence-corrected chi connectivity index (χ2v) is 8.09. The lowest BCUT2D eigenvalue weighted by Gasteiger charge is -2.20. The van der Waals surface area contributed by atoms with Crippen LogP contribution >= 0.6 is 0 Å². The molecule has 0 fully saturated rings. The molecular weight excluding hydrogens is 348 g/mol. The molecule has 0 unspecified atom stereocenters. The fraction of sp³-hybridized carbons (Fsp3) is 0.842. The number of hydrogen-bond acceptors (Lipinski definition) is 5. The van der Waals surface area contributed by atoms with Crippen LogP contribution in [0.1, 0.15) is 66.7 Å². The van der Waals surface area contributed by atoms with Crippen LogP contribution in [0.5, 0.6) is 0 Å². The van der Waals surface area contributed by atoms with Crippen molar-refractivity contribution in [2.75, 3.05) is 19.6 Å². The number of unbranched alkanes of at least 4 members (excludes halogenated alkanes) is 3. The third-order valence-electron chi connectivity index (χ3n) is 3.62. The average molecular weight is 387 g/mol. The Bertz CT molecular complexity index is 461. The molecule has 0 radical (unpaired) electrons. The van der Waals surface area contributed by atoms with Crippen LogP contribution in [0.15, 0.2) is 0 Å². The van der Waals surface area contributed by atoms with Crippen molar-refractivity contribution in [3.05, 3.63) is 0 Å². The maximum Gasteiger partial charge on any atom is 0.407 e. The van der Waals surface area contributed by atoms with E-state index < -0.39 is 17.7 Å². The van der Waals surface area contributed by atoms with Crippen LogP contribution in [0.4, 0.5) is 4.79 Å². The van der Waals surface area contributed by atoms with Gasteiger partial charge in [0.25, 0.3) is 0 Å². The Labute approximate surface area is 163 Å². The van der Waals surface area contributed by atoms with E-state index in [4.69, 9.17) is 10.5 Å². The summed E-state index contributed by atoms with van der Waals surface area (Å²) in [6.45, 7) is 10.5. The van der Waals surface area contributed by atoms with Gasteiger partial charge in [0.05, 0.1) is 6.54 Å². The minimum atomic E-state index is -0.543. The Kier molecular flexibility index (Phi) is 12.5. The number of amides is 3. The molecule has 1 atom stereocenters.